The van der Waals surface area contributed by atoms with Crippen LogP contribution in [0.3, 0.4) is 0 Å². The standard InChI is InChI=1S/C35H48F2N7O7P/c1-9-44(20-35(33(2,3)4,34(5,6)7)51-52(46,47)48)11-10-12-50-29-19-27-26(18-28(29)49-8)32(39-21-38-27)41-30-16-25(42-43-30)17-31(45)40-24-14-22(36)13-23(37)15-24/h13-16,18-19,21H,9-12,17,20H2,1-8H3,(H,40,45)(H2,46,47,48)(H2,38,39,41,42,43). The van der Waals surface area contributed by atoms with Gasteiger partial charge in [-0.15, -0.1) is 0 Å². The first kappa shape index (κ1) is 40.6. The molecule has 4 rings (SSSR count). The number of aromatic amines is 1. The fourth-order valence-corrected chi connectivity index (χ4v) is 7.33. The number of hydrogen-bond donors (Lipinski definition) is 5. The Balaban J connectivity index is 1.42. The summed E-state index contributed by atoms with van der Waals surface area (Å²) in [6, 6.07) is 7.85. The van der Waals surface area contributed by atoms with Gasteiger partial charge in [0.25, 0.3) is 0 Å². The molecule has 0 fully saturated rings. The molecule has 0 saturated heterocycles. The molecule has 2 heterocycles. The van der Waals surface area contributed by atoms with Crippen molar-refractivity contribution in [2.45, 2.75) is 66.9 Å². The summed E-state index contributed by atoms with van der Waals surface area (Å²) in [5.74, 6) is -0.395. The number of aromatic nitrogens is 4. The zero-order valence-corrected chi connectivity index (χ0v) is 31.6. The summed E-state index contributed by atoms with van der Waals surface area (Å²) < 4.78 is 56.6. The molecule has 0 bridgehead atoms. The van der Waals surface area contributed by atoms with E-state index in [2.05, 4.69) is 35.7 Å². The molecule has 0 saturated carbocycles. The second kappa shape index (κ2) is 16.2. The van der Waals surface area contributed by atoms with Crippen molar-refractivity contribution in [1.82, 2.24) is 25.1 Å². The van der Waals surface area contributed by atoms with Crippen LogP contribution < -0.4 is 20.1 Å². The number of phosphoric ester groups is 1. The summed E-state index contributed by atoms with van der Waals surface area (Å²) in [4.78, 5) is 43.1. The number of carbonyl (C=O) groups excluding carboxylic acids is 1. The Kier molecular flexibility index (Phi) is 12.6. The van der Waals surface area contributed by atoms with E-state index < -0.39 is 41.8 Å². The first-order chi connectivity index (χ1) is 24.2. The lowest BCUT2D eigenvalue weighted by molar-refractivity contribution is -0.142. The topological polar surface area (TPSA) is 184 Å². The van der Waals surface area contributed by atoms with Crippen LogP contribution in [0.2, 0.25) is 0 Å². The molecule has 14 nitrogen and oxygen atoms in total. The molecule has 284 valence electrons. The summed E-state index contributed by atoms with van der Waals surface area (Å²) in [5.41, 5.74) is -1.36. The minimum absolute atomic E-state index is 0.00228. The number of phosphoric acid groups is 1. The number of benzene rings is 2. The monoisotopic (exact) mass is 747 g/mol. The number of amides is 1. The average Bonchev–Trinajstić information content (AvgIpc) is 3.45. The van der Waals surface area contributed by atoms with E-state index in [9.17, 15) is 27.9 Å². The Morgan fingerprint density at radius 3 is 2.25 bits per heavy atom. The summed E-state index contributed by atoms with van der Waals surface area (Å²) in [7, 11) is -3.29. The zero-order chi connectivity index (χ0) is 38.5. The molecular formula is C35H48F2N7O7P. The van der Waals surface area contributed by atoms with Crippen molar-refractivity contribution in [2.75, 3.05) is 44.0 Å². The minimum atomic E-state index is -4.81. The Bertz CT molecular complexity index is 1870. The van der Waals surface area contributed by atoms with Crippen molar-refractivity contribution < 1.29 is 41.9 Å². The molecule has 2 aromatic heterocycles. The van der Waals surface area contributed by atoms with Gasteiger partial charge in [0, 0.05) is 48.1 Å². The van der Waals surface area contributed by atoms with E-state index in [0.717, 1.165) is 18.2 Å². The highest BCUT2D eigenvalue weighted by Gasteiger charge is 2.55. The first-order valence-corrected chi connectivity index (χ1v) is 18.3. The van der Waals surface area contributed by atoms with Gasteiger partial charge in [-0.25, -0.2) is 23.3 Å². The van der Waals surface area contributed by atoms with Gasteiger partial charge in [0.1, 0.15) is 29.4 Å². The number of hydrogen-bond acceptors (Lipinski definition) is 10. The van der Waals surface area contributed by atoms with E-state index in [1.54, 1.807) is 18.2 Å². The van der Waals surface area contributed by atoms with E-state index in [1.807, 2.05) is 48.5 Å². The maximum atomic E-state index is 13.5. The van der Waals surface area contributed by atoms with E-state index >= 15 is 0 Å². The van der Waals surface area contributed by atoms with Crippen LogP contribution in [-0.2, 0) is 20.3 Å². The van der Waals surface area contributed by atoms with Crippen LogP contribution >= 0.6 is 7.82 Å². The van der Waals surface area contributed by atoms with Crippen molar-refractivity contribution in [3.05, 3.63) is 60.1 Å². The van der Waals surface area contributed by atoms with Gasteiger partial charge in [0.15, 0.2) is 17.3 Å². The molecule has 5 N–H and O–H groups in total. The second-order valence-corrected chi connectivity index (χ2v) is 15.7. The molecule has 0 spiro atoms. The van der Waals surface area contributed by atoms with E-state index in [0.29, 0.717) is 72.4 Å². The lowest BCUT2D eigenvalue weighted by Gasteiger charge is -2.54. The highest BCUT2D eigenvalue weighted by molar-refractivity contribution is 7.46. The molecule has 0 atom stereocenters. The van der Waals surface area contributed by atoms with Crippen molar-refractivity contribution in [1.29, 1.82) is 0 Å². The Labute approximate surface area is 301 Å². The summed E-state index contributed by atoms with van der Waals surface area (Å²) in [5, 5.41) is 13.2. The number of ether oxygens (including phenoxy) is 2. The average molecular weight is 748 g/mol. The lowest BCUT2D eigenvalue weighted by atomic mass is 9.62. The smallest absolute Gasteiger partial charge is 0.470 e. The minimum Gasteiger partial charge on any atom is -0.493 e. The van der Waals surface area contributed by atoms with Gasteiger partial charge >= 0.3 is 7.82 Å². The number of nitrogens with zero attached hydrogens (tertiary/aromatic N) is 4. The molecule has 1 amide bonds. The molecule has 0 aliphatic rings. The van der Waals surface area contributed by atoms with Crippen molar-refractivity contribution in [2.24, 2.45) is 10.8 Å². The summed E-state index contributed by atoms with van der Waals surface area (Å²) in [6.07, 6.45) is 1.86. The van der Waals surface area contributed by atoms with Gasteiger partial charge < -0.3 is 34.8 Å². The second-order valence-electron chi connectivity index (χ2n) is 14.5. The number of carbonyl (C=O) groups is 1. The molecule has 0 radical (unpaired) electrons. The Hall–Kier alpha value is -4.21. The molecule has 17 heteroatoms. The van der Waals surface area contributed by atoms with Crippen molar-refractivity contribution in [3.8, 4) is 11.5 Å². The van der Waals surface area contributed by atoms with Crippen LogP contribution in [0.25, 0.3) is 10.9 Å². The predicted molar refractivity (Wildman–Crippen MR) is 194 cm³/mol. The lowest BCUT2D eigenvalue weighted by Crippen LogP contribution is -2.61. The molecule has 0 unspecified atom stereocenters. The van der Waals surface area contributed by atoms with Gasteiger partial charge in [-0.1, -0.05) is 48.5 Å². The largest absolute Gasteiger partial charge is 0.493 e. The first-order valence-electron chi connectivity index (χ1n) is 16.7. The number of anilines is 3. The molecular weight excluding hydrogens is 699 g/mol. The van der Waals surface area contributed by atoms with Crippen LogP contribution in [-0.4, -0.2) is 79.7 Å². The SMILES string of the molecule is CCN(CCCOc1cc2ncnc(Nc3cc(CC(=O)Nc4cc(F)cc(F)c4)[nH]n3)c2cc1OC)CC(OP(=O)(O)O)(C(C)(C)C)C(C)(C)C. The van der Waals surface area contributed by atoms with Gasteiger partial charge in [0.2, 0.25) is 5.91 Å². The zero-order valence-electron chi connectivity index (χ0n) is 30.7. The van der Waals surface area contributed by atoms with E-state index in [1.165, 1.54) is 13.4 Å². The maximum absolute atomic E-state index is 13.5. The number of fused-ring (bicyclic) bond motifs is 1. The molecule has 0 aliphatic heterocycles. The number of likely N-dealkylation sites (N-methyl/N-ethyl adjacent to an activating group) is 1. The third-order valence-corrected chi connectivity index (χ3v) is 9.31. The van der Waals surface area contributed by atoms with Crippen molar-refractivity contribution >= 4 is 42.0 Å². The number of nitrogens with one attached hydrogen (secondary N) is 3. The molecule has 0 aliphatic carbocycles. The third kappa shape index (κ3) is 10.2. The van der Waals surface area contributed by atoms with Gasteiger partial charge in [-0.05, 0) is 42.0 Å². The number of H-pyrrole nitrogens is 1. The molecule has 4 aromatic rings. The fourth-order valence-electron chi connectivity index (χ4n) is 6.32. The highest BCUT2D eigenvalue weighted by atomic mass is 31.2. The van der Waals surface area contributed by atoms with Crippen LogP contribution in [0.1, 0.15) is 60.6 Å². The van der Waals surface area contributed by atoms with Crippen LogP contribution in [0, 0.1) is 22.5 Å². The maximum Gasteiger partial charge on any atom is 0.470 e. The number of methoxy groups -OCH3 is 1. The summed E-state index contributed by atoms with van der Waals surface area (Å²) >= 11 is 0. The predicted octanol–water partition coefficient (Wildman–Crippen LogP) is 6.60. The quantitative estimate of drug-likeness (QED) is 0.0613. The van der Waals surface area contributed by atoms with E-state index in [-0.39, 0.29) is 12.1 Å². The van der Waals surface area contributed by atoms with Crippen LogP contribution in [0.15, 0.2) is 42.7 Å². The van der Waals surface area contributed by atoms with Gasteiger partial charge in [-0.3, -0.25) is 14.4 Å². The Morgan fingerprint density at radius 2 is 1.65 bits per heavy atom. The number of rotatable bonds is 16. The normalized spacial score (nSPS) is 12.7. The third-order valence-electron chi connectivity index (χ3n) is 8.76. The van der Waals surface area contributed by atoms with Gasteiger partial charge in [0.05, 0.1) is 25.7 Å². The van der Waals surface area contributed by atoms with Crippen LogP contribution in [0.4, 0.5) is 26.1 Å². The van der Waals surface area contributed by atoms with Gasteiger partial charge in [-0.2, -0.15) is 5.10 Å². The highest BCUT2D eigenvalue weighted by Crippen LogP contribution is 2.55. The molecule has 52 heavy (non-hydrogen) atoms. The summed E-state index contributed by atoms with van der Waals surface area (Å²) in [6.45, 7) is 15.4. The fraction of sp³-hybridized carbons (Fsp3) is 0.486. The molecule has 2 aromatic carbocycles. The van der Waals surface area contributed by atoms with Crippen molar-refractivity contribution in [3.63, 3.8) is 0 Å². The number of halogens is 2. The Morgan fingerprint density at radius 1 is 0.981 bits per heavy atom. The van der Waals surface area contributed by atoms with E-state index in [4.69, 9.17) is 14.0 Å². The van der Waals surface area contributed by atoms with Crippen LogP contribution in [0.5, 0.6) is 11.5 Å².